The van der Waals surface area contributed by atoms with E-state index in [9.17, 15) is 4.79 Å². The van der Waals surface area contributed by atoms with E-state index in [1.807, 2.05) is 13.8 Å². The number of hydrogen-bond acceptors (Lipinski definition) is 2. The predicted molar refractivity (Wildman–Crippen MR) is 63.1 cm³/mol. The molecule has 0 unspecified atom stereocenters. The summed E-state index contributed by atoms with van der Waals surface area (Å²) in [7, 11) is 0. The van der Waals surface area contributed by atoms with Crippen LogP contribution in [0.5, 0.6) is 0 Å². The molecule has 0 atom stereocenters. The smallest absolute Gasteiger partial charge is 0.254 e. The minimum atomic E-state index is -0.630. The summed E-state index contributed by atoms with van der Waals surface area (Å²) in [5.74, 6) is 3.05. The van der Waals surface area contributed by atoms with Crippen molar-refractivity contribution in [1.82, 2.24) is 5.32 Å². The van der Waals surface area contributed by atoms with E-state index in [1.54, 1.807) is 0 Å². The monoisotopic (exact) mass is 235 g/mol. The molecule has 1 spiro atoms. The molecule has 4 aliphatic carbocycles. The van der Waals surface area contributed by atoms with Crippen molar-refractivity contribution in [3.8, 4) is 0 Å². The number of amides is 1. The van der Waals surface area contributed by atoms with Gasteiger partial charge in [0, 0.05) is 11.8 Å². The number of carbonyl (C=O) groups is 1. The SMILES string of the molecule is CC1(C)OC2(NC1=O)C1CC3CC(C1)CC2C3. The van der Waals surface area contributed by atoms with Gasteiger partial charge in [-0.25, -0.2) is 0 Å². The molecule has 4 saturated carbocycles. The topological polar surface area (TPSA) is 38.3 Å². The van der Waals surface area contributed by atoms with Gasteiger partial charge in [0.05, 0.1) is 0 Å². The predicted octanol–water partition coefficient (Wildman–Crippen LogP) is 2.06. The summed E-state index contributed by atoms with van der Waals surface area (Å²) in [4.78, 5) is 12.1. The molecule has 1 amide bonds. The molecule has 0 aromatic rings. The third kappa shape index (κ3) is 1.19. The lowest BCUT2D eigenvalue weighted by Crippen LogP contribution is -2.63. The molecule has 5 fully saturated rings. The average Bonchev–Trinajstić information content (AvgIpc) is 2.47. The van der Waals surface area contributed by atoms with Crippen LogP contribution in [0.2, 0.25) is 0 Å². The van der Waals surface area contributed by atoms with Crippen LogP contribution in [-0.4, -0.2) is 17.2 Å². The first-order chi connectivity index (χ1) is 7.99. The summed E-state index contributed by atoms with van der Waals surface area (Å²) in [6.45, 7) is 3.81. The Morgan fingerprint density at radius 1 is 1.06 bits per heavy atom. The van der Waals surface area contributed by atoms with Crippen molar-refractivity contribution in [2.24, 2.45) is 23.7 Å². The standard InChI is InChI=1S/C14H21NO2/c1-13(2)12(16)15-14(17-13)10-4-8-3-9(6-10)7-11(14)5-8/h8-11H,3-7H2,1-2H3,(H,15,16). The summed E-state index contributed by atoms with van der Waals surface area (Å²) in [5, 5.41) is 3.24. The van der Waals surface area contributed by atoms with Gasteiger partial charge in [0.2, 0.25) is 0 Å². The number of rotatable bonds is 0. The molecular weight excluding hydrogens is 214 g/mol. The van der Waals surface area contributed by atoms with Crippen molar-refractivity contribution in [3.63, 3.8) is 0 Å². The van der Waals surface area contributed by atoms with Crippen molar-refractivity contribution in [1.29, 1.82) is 0 Å². The van der Waals surface area contributed by atoms with E-state index in [-0.39, 0.29) is 11.6 Å². The molecular formula is C14H21NO2. The third-order valence-corrected chi connectivity index (χ3v) is 5.63. The van der Waals surface area contributed by atoms with E-state index in [0.717, 1.165) is 11.8 Å². The van der Waals surface area contributed by atoms with Gasteiger partial charge in [0.1, 0.15) is 11.3 Å². The molecule has 0 radical (unpaired) electrons. The van der Waals surface area contributed by atoms with Crippen molar-refractivity contribution < 1.29 is 9.53 Å². The van der Waals surface area contributed by atoms with Gasteiger partial charge in [-0.3, -0.25) is 4.79 Å². The molecule has 5 aliphatic rings. The fourth-order valence-electron chi connectivity index (χ4n) is 5.08. The van der Waals surface area contributed by atoms with Crippen molar-refractivity contribution >= 4 is 5.91 Å². The van der Waals surface area contributed by atoms with Crippen LogP contribution in [0.25, 0.3) is 0 Å². The lowest BCUT2D eigenvalue weighted by molar-refractivity contribution is -0.221. The van der Waals surface area contributed by atoms with Crippen LogP contribution in [-0.2, 0) is 9.53 Å². The maximum atomic E-state index is 12.1. The number of nitrogens with one attached hydrogen (secondary N) is 1. The van der Waals surface area contributed by atoms with Crippen LogP contribution in [0.3, 0.4) is 0 Å². The second-order valence-electron chi connectivity index (χ2n) is 7.16. The molecule has 1 N–H and O–H groups in total. The third-order valence-electron chi connectivity index (χ3n) is 5.63. The molecule has 4 bridgehead atoms. The van der Waals surface area contributed by atoms with Gasteiger partial charge in [0.25, 0.3) is 5.91 Å². The van der Waals surface area contributed by atoms with Crippen molar-refractivity contribution in [2.75, 3.05) is 0 Å². The highest BCUT2D eigenvalue weighted by molar-refractivity contribution is 5.87. The zero-order valence-electron chi connectivity index (χ0n) is 10.7. The van der Waals surface area contributed by atoms with E-state index < -0.39 is 5.60 Å². The Balaban J connectivity index is 1.73. The minimum absolute atomic E-state index is 0.0879. The fraction of sp³-hybridized carbons (Fsp3) is 0.929. The first-order valence-corrected chi connectivity index (χ1v) is 7.02. The molecule has 0 aromatic heterocycles. The van der Waals surface area contributed by atoms with E-state index in [1.165, 1.54) is 32.1 Å². The summed E-state index contributed by atoms with van der Waals surface area (Å²) in [5.41, 5.74) is -0.927. The Kier molecular flexibility index (Phi) is 1.75. The Morgan fingerprint density at radius 3 is 2.00 bits per heavy atom. The maximum absolute atomic E-state index is 12.1. The molecule has 3 heteroatoms. The zero-order valence-corrected chi connectivity index (χ0v) is 10.7. The van der Waals surface area contributed by atoms with Crippen LogP contribution in [0.15, 0.2) is 0 Å². The maximum Gasteiger partial charge on any atom is 0.254 e. The second kappa shape index (κ2) is 2.87. The largest absolute Gasteiger partial charge is 0.339 e. The minimum Gasteiger partial charge on any atom is -0.339 e. The number of carbonyl (C=O) groups excluding carboxylic acids is 1. The van der Waals surface area contributed by atoms with Gasteiger partial charge in [0.15, 0.2) is 0 Å². The molecule has 3 nitrogen and oxygen atoms in total. The van der Waals surface area contributed by atoms with E-state index in [0.29, 0.717) is 11.8 Å². The highest BCUT2D eigenvalue weighted by Crippen LogP contribution is 2.60. The molecule has 17 heavy (non-hydrogen) atoms. The van der Waals surface area contributed by atoms with Crippen LogP contribution in [0.4, 0.5) is 0 Å². The van der Waals surface area contributed by atoms with Gasteiger partial charge >= 0.3 is 0 Å². The zero-order chi connectivity index (χ0) is 11.8. The molecule has 1 saturated heterocycles. The molecule has 5 rings (SSSR count). The van der Waals surface area contributed by atoms with E-state index in [4.69, 9.17) is 4.74 Å². The van der Waals surface area contributed by atoms with Crippen LogP contribution >= 0.6 is 0 Å². The average molecular weight is 235 g/mol. The Morgan fingerprint density at radius 2 is 1.59 bits per heavy atom. The Hall–Kier alpha value is -0.570. The summed E-state index contributed by atoms with van der Waals surface area (Å²) in [6.07, 6.45) is 6.50. The number of ether oxygens (including phenoxy) is 1. The normalized spacial score (nSPS) is 54.4. The van der Waals surface area contributed by atoms with Crippen molar-refractivity contribution in [2.45, 2.75) is 57.3 Å². The lowest BCUT2D eigenvalue weighted by atomic mass is 9.52. The van der Waals surface area contributed by atoms with Gasteiger partial charge in [-0.05, 0) is 57.8 Å². The van der Waals surface area contributed by atoms with E-state index >= 15 is 0 Å². The molecule has 1 heterocycles. The van der Waals surface area contributed by atoms with Gasteiger partial charge in [-0.15, -0.1) is 0 Å². The van der Waals surface area contributed by atoms with Crippen LogP contribution in [0, 0.1) is 23.7 Å². The summed E-state index contributed by atoms with van der Waals surface area (Å²) < 4.78 is 6.26. The van der Waals surface area contributed by atoms with E-state index in [2.05, 4.69) is 5.32 Å². The van der Waals surface area contributed by atoms with Crippen molar-refractivity contribution in [3.05, 3.63) is 0 Å². The highest BCUT2D eigenvalue weighted by Gasteiger charge is 2.64. The summed E-state index contributed by atoms with van der Waals surface area (Å²) >= 11 is 0. The summed E-state index contributed by atoms with van der Waals surface area (Å²) in [6, 6.07) is 0. The van der Waals surface area contributed by atoms with Crippen LogP contribution < -0.4 is 5.32 Å². The van der Waals surface area contributed by atoms with Gasteiger partial charge in [-0.2, -0.15) is 0 Å². The Labute approximate surface area is 102 Å². The Bertz CT molecular complexity index is 360. The second-order valence-corrected chi connectivity index (χ2v) is 7.16. The quantitative estimate of drug-likeness (QED) is 0.698. The highest BCUT2D eigenvalue weighted by atomic mass is 16.6. The molecule has 1 aliphatic heterocycles. The first-order valence-electron chi connectivity index (χ1n) is 7.02. The molecule has 94 valence electrons. The molecule has 0 aromatic carbocycles. The lowest BCUT2D eigenvalue weighted by Gasteiger charge is -2.59. The fourth-order valence-corrected chi connectivity index (χ4v) is 5.08. The van der Waals surface area contributed by atoms with Gasteiger partial charge in [-0.1, -0.05) is 0 Å². The van der Waals surface area contributed by atoms with Crippen LogP contribution in [0.1, 0.15) is 46.0 Å². The first kappa shape index (κ1) is 10.4. The van der Waals surface area contributed by atoms with Gasteiger partial charge < -0.3 is 10.1 Å². The number of hydrogen-bond donors (Lipinski definition) is 1.